The van der Waals surface area contributed by atoms with Crippen LogP contribution in [0.5, 0.6) is 0 Å². The third-order valence-corrected chi connectivity index (χ3v) is 9.25. The Morgan fingerprint density at radius 3 is 2.10 bits per heavy atom. The summed E-state index contributed by atoms with van der Waals surface area (Å²) in [6, 6.07) is 10.3. The standard InChI is InChI=1S/C37H48N8O6/c1-8-9-16-44(34(46)31(21(2)3)42-36(48)50-6)20-30-38-25-14-12-23(18-27(25)39-30)24-13-15-26-28(19-24)41-33(40-26)29-11-10-17-45(29)35(47)32(22(4)5)43-37(49)51-7/h8,12-15,18-19,21-22,29,31-32H,1,9-11,16-17,20H2,2-7H3,(H,38,39)(H,40,41)(H,42,48)(H,43,49)/t29-,31-,32-/m0/s1. The number of imidazole rings is 2. The molecule has 51 heavy (non-hydrogen) atoms. The summed E-state index contributed by atoms with van der Waals surface area (Å²) in [5.41, 5.74) is 5.14. The van der Waals surface area contributed by atoms with E-state index >= 15 is 0 Å². The minimum Gasteiger partial charge on any atom is -0.453 e. The second-order valence-electron chi connectivity index (χ2n) is 13.5. The van der Waals surface area contributed by atoms with E-state index in [9.17, 15) is 19.2 Å². The molecule has 1 aliphatic rings. The minimum atomic E-state index is -0.756. The van der Waals surface area contributed by atoms with Crippen molar-refractivity contribution in [2.75, 3.05) is 27.3 Å². The van der Waals surface area contributed by atoms with Crippen LogP contribution in [0.25, 0.3) is 33.2 Å². The quantitative estimate of drug-likeness (QED) is 0.134. The second kappa shape index (κ2) is 16.1. The van der Waals surface area contributed by atoms with Gasteiger partial charge in [0.25, 0.3) is 0 Å². The van der Waals surface area contributed by atoms with Crippen molar-refractivity contribution < 1.29 is 28.7 Å². The zero-order valence-electron chi connectivity index (χ0n) is 30.1. The lowest BCUT2D eigenvalue weighted by Crippen LogP contribution is -2.51. The van der Waals surface area contributed by atoms with Crippen molar-refractivity contribution in [3.8, 4) is 11.1 Å². The summed E-state index contributed by atoms with van der Waals surface area (Å²) in [6.45, 7) is 12.5. The molecule has 1 saturated heterocycles. The molecule has 2 aromatic carbocycles. The molecule has 272 valence electrons. The topological polar surface area (TPSA) is 175 Å². The third-order valence-electron chi connectivity index (χ3n) is 9.25. The Morgan fingerprint density at radius 2 is 1.51 bits per heavy atom. The van der Waals surface area contributed by atoms with Crippen LogP contribution in [-0.2, 0) is 25.6 Å². The first-order valence-electron chi connectivity index (χ1n) is 17.3. The van der Waals surface area contributed by atoms with Gasteiger partial charge in [-0.3, -0.25) is 9.59 Å². The van der Waals surface area contributed by atoms with Crippen LogP contribution in [0, 0.1) is 11.8 Å². The summed E-state index contributed by atoms with van der Waals surface area (Å²) in [6.07, 6.45) is 2.63. The number of fused-ring (bicyclic) bond motifs is 2. The number of aromatic nitrogens is 4. The van der Waals surface area contributed by atoms with Crippen molar-refractivity contribution in [1.82, 2.24) is 40.4 Å². The van der Waals surface area contributed by atoms with Crippen molar-refractivity contribution in [1.29, 1.82) is 0 Å². The van der Waals surface area contributed by atoms with Gasteiger partial charge in [0.1, 0.15) is 23.7 Å². The summed E-state index contributed by atoms with van der Waals surface area (Å²) in [5, 5.41) is 5.35. The number of hydrogen-bond acceptors (Lipinski definition) is 8. The van der Waals surface area contributed by atoms with Crippen LogP contribution < -0.4 is 10.6 Å². The molecule has 3 heterocycles. The maximum Gasteiger partial charge on any atom is 0.407 e. The molecule has 4 aromatic rings. The average molecular weight is 701 g/mol. The van der Waals surface area contributed by atoms with Gasteiger partial charge in [-0.1, -0.05) is 45.9 Å². The number of nitrogens with zero attached hydrogens (tertiary/aromatic N) is 4. The highest BCUT2D eigenvalue weighted by Crippen LogP contribution is 2.34. The Bertz CT molecular complexity index is 1900. The number of alkyl carbamates (subject to hydrolysis) is 2. The van der Waals surface area contributed by atoms with E-state index in [-0.39, 0.29) is 36.2 Å². The van der Waals surface area contributed by atoms with Gasteiger partial charge in [0, 0.05) is 13.1 Å². The number of likely N-dealkylation sites (tertiary alicyclic amines) is 1. The van der Waals surface area contributed by atoms with Gasteiger partial charge in [-0.25, -0.2) is 19.6 Å². The Labute approximate surface area is 297 Å². The summed E-state index contributed by atoms with van der Waals surface area (Å²) in [4.78, 5) is 71.0. The zero-order valence-corrected chi connectivity index (χ0v) is 30.1. The predicted octanol–water partition coefficient (Wildman–Crippen LogP) is 5.44. The first kappa shape index (κ1) is 36.9. The molecule has 0 bridgehead atoms. The minimum absolute atomic E-state index is 0.120. The van der Waals surface area contributed by atoms with E-state index in [1.165, 1.54) is 14.2 Å². The number of H-pyrrole nitrogens is 2. The Balaban J connectivity index is 1.36. The maximum atomic E-state index is 13.6. The van der Waals surface area contributed by atoms with Crippen molar-refractivity contribution in [3.05, 3.63) is 60.7 Å². The molecule has 0 radical (unpaired) electrons. The number of ether oxygens (including phenoxy) is 2. The van der Waals surface area contributed by atoms with Crippen molar-refractivity contribution >= 4 is 46.1 Å². The van der Waals surface area contributed by atoms with Crippen LogP contribution in [0.15, 0.2) is 49.1 Å². The van der Waals surface area contributed by atoms with Gasteiger partial charge >= 0.3 is 12.2 Å². The third kappa shape index (κ3) is 8.33. The fraction of sp³-hybridized carbons (Fsp3) is 0.459. The maximum absolute atomic E-state index is 13.6. The van der Waals surface area contributed by atoms with E-state index in [2.05, 4.69) is 27.2 Å². The molecule has 5 rings (SSSR count). The Hall–Kier alpha value is -5.40. The molecular formula is C37H48N8O6. The Morgan fingerprint density at radius 1 is 0.922 bits per heavy atom. The number of rotatable bonds is 13. The highest BCUT2D eigenvalue weighted by atomic mass is 16.5. The van der Waals surface area contributed by atoms with Crippen LogP contribution >= 0.6 is 0 Å². The summed E-state index contributed by atoms with van der Waals surface area (Å²) in [7, 11) is 2.55. The van der Waals surface area contributed by atoms with Crippen LogP contribution in [-0.4, -0.2) is 93.1 Å². The summed E-state index contributed by atoms with van der Waals surface area (Å²) < 4.78 is 9.50. The fourth-order valence-electron chi connectivity index (χ4n) is 6.47. The highest BCUT2D eigenvalue weighted by Gasteiger charge is 2.37. The van der Waals surface area contributed by atoms with Crippen LogP contribution in [0.1, 0.15) is 64.6 Å². The monoisotopic (exact) mass is 700 g/mol. The van der Waals surface area contributed by atoms with E-state index in [0.717, 1.165) is 46.0 Å². The first-order valence-corrected chi connectivity index (χ1v) is 17.3. The number of amides is 4. The second-order valence-corrected chi connectivity index (χ2v) is 13.5. The lowest BCUT2D eigenvalue weighted by atomic mass is 10.0. The lowest BCUT2D eigenvalue weighted by Gasteiger charge is -2.29. The highest BCUT2D eigenvalue weighted by molar-refractivity contribution is 5.88. The molecule has 2 aromatic heterocycles. The van der Waals surface area contributed by atoms with E-state index in [4.69, 9.17) is 19.4 Å². The molecule has 14 heteroatoms. The Kier molecular flexibility index (Phi) is 11.6. The SMILES string of the molecule is C=CCCN(Cc1nc2ccc(-c3ccc4nc([C@@H]5CCCN5C(=O)[C@@H](NC(=O)OC)C(C)C)[nH]c4c3)cc2[nH]1)C(=O)[C@@H](NC(=O)OC)C(C)C. The van der Waals surface area contributed by atoms with E-state index in [1.54, 1.807) is 15.9 Å². The van der Waals surface area contributed by atoms with Crippen LogP contribution in [0.4, 0.5) is 9.59 Å². The van der Waals surface area contributed by atoms with Gasteiger partial charge in [0.05, 0.1) is 48.9 Å². The molecule has 14 nitrogen and oxygen atoms in total. The van der Waals surface area contributed by atoms with Crippen molar-refractivity contribution in [2.24, 2.45) is 11.8 Å². The lowest BCUT2D eigenvalue weighted by molar-refractivity contribution is -0.136. The van der Waals surface area contributed by atoms with Gasteiger partial charge in [-0.05, 0) is 66.5 Å². The normalized spacial score (nSPS) is 15.6. The van der Waals surface area contributed by atoms with Gasteiger partial charge in [-0.2, -0.15) is 0 Å². The number of benzene rings is 2. The number of carbonyl (C=O) groups is 4. The van der Waals surface area contributed by atoms with Gasteiger partial charge in [-0.15, -0.1) is 6.58 Å². The molecule has 0 spiro atoms. The van der Waals surface area contributed by atoms with Crippen molar-refractivity contribution in [3.63, 3.8) is 0 Å². The predicted molar refractivity (Wildman–Crippen MR) is 193 cm³/mol. The van der Waals surface area contributed by atoms with Crippen LogP contribution in [0.2, 0.25) is 0 Å². The molecule has 1 aliphatic heterocycles. The summed E-state index contributed by atoms with van der Waals surface area (Å²) in [5.74, 6) is 0.665. The van der Waals surface area contributed by atoms with Gasteiger partial charge < -0.3 is 39.9 Å². The smallest absolute Gasteiger partial charge is 0.407 e. The van der Waals surface area contributed by atoms with Crippen molar-refractivity contribution in [2.45, 2.75) is 71.6 Å². The molecule has 0 unspecified atom stereocenters. The zero-order chi connectivity index (χ0) is 36.8. The molecule has 3 atom stereocenters. The number of nitrogens with one attached hydrogen (secondary N) is 4. The van der Waals surface area contributed by atoms with Gasteiger partial charge in [0.15, 0.2) is 0 Å². The largest absolute Gasteiger partial charge is 0.453 e. The first-order chi connectivity index (χ1) is 24.4. The van der Waals surface area contributed by atoms with Crippen LogP contribution in [0.3, 0.4) is 0 Å². The average Bonchev–Trinajstić information content (AvgIpc) is 3.87. The number of carbonyl (C=O) groups excluding carboxylic acids is 4. The molecular weight excluding hydrogens is 652 g/mol. The molecule has 4 N–H and O–H groups in total. The molecule has 0 saturated carbocycles. The fourth-order valence-corrected chi connectivity index (χ4v) is 6.47. The van der Waals surface area contributed by atoms with E-state index in [1.807, 2.05) is 64.1 Å². The van der Waals surface area contributed by atoms with E-state index < -0.39 is 24.3 Å². The number of hydrogen-bond donors (Lipinski definition) is 4. The van der Waals surface area contributed by atoms with Gasteiger partial charge in [0.2, 0.25) is 11.8 Å². The summed E-state index contributed by atoms with van der Waals surface area (Å²) >= 11 is 0. The number of methoxy groups -OCH3 is 2. The molecule has 0 aliphatic carbocycles. The molecule has 4 amide bonds. The molecule has 1 fully saturated rings. The van der Waals surface area contributed by atoms with E-state index in [0.29, 0.717) is 31.2 Å². The number of aromatic amines is 2.